The number of nitrogens with one attached hydrogen (secondary N) is 1. The molecule has 1 nitrogen and oxygen atoms in total. The van der Waals surface area contributed by atoms with E-state index >= 15 is 0 Å². The van der Waals surface area contributed by atoms with Gasteiger partial charge < -0.3 is 5.32 Å². The van der Waals surface area contributed by atoms with E-state index in [0.717, 1.165) is 0 Å². The highest BCUT2D eigenvalue weighted by atomic mass is 32.2. The highest BCUT2D eigenvalue weighted by molar-refractivity contribution is 7.99. The predicted octanol–water partition coefficient (Wildman–Crippen LogP) is 2.28. The van der Waals surface area contributed by atoms with Crippen molar-refractivity contribution in [1.29, 1.82) is 0 Å². The van der Waals surface area contributed by atoms with Gasteiger partial charge in [0.15, 0.2) is 0 Å². The third-order valence-corrected chi connectivity index (χ3v) is 2.68. The van der Waals surface area contributed by atoms with E-state index < -0.39 is 12.7 Å². The number of alkyl halides is 3. The lowest BCUT2D eigenvalue weighted by molar-refractivity contribution is -0.124. The van der Waals surface area contributed by atoms with Crippen LogP contribution in [-0.2, 0) is 0 Å². The van der Waals surface area contributed by atoms with Gasteiger partial charge in [0.05, 0.1) is 6.54 Å². The Morgan fingerprint density at radius 3 is 2.00 bits per heavy atom. The van der Waals surface area contributed by atoms with E-state index in [1.54, 1.807) is 11.8 Å². The molecular formula is C7H14F3NS. The van der Waals surface area contributed by atoms with Crippen LogP contribution in [0.1, 0.15) is 13.8 Å². The molecule has 0 bridgehead atoms. The molecule has 12 heavy (non-hydrogen) atoms. The van der Waals surface area contributed by atoms with Crippen LogP contribution in [0, 0.1) is 0 Å². The maximum Gasteiger partial charge on any atom is 0.401 e. The van der Waals surface area contributed by atoms with E-state index in [-0.39, 0.29) is 4.75 Å². The fourth-order valence-electron chi connectivity index (χ4n) is 0.577. The molecule has 0 spiro atoms. The molecular weight excluding hydrogens is 187 g/mol. The minimum absolute atomic E-state index is 0.134. The standard InChI is InChI=1S/C7H14F3NS/c1-6(2,12-3)4-11-5-7(8,9)10/h11H,4-5H2,1-3H3. The fourth-order valence-corrected chi connectivity index (χ4v) is 0.824. The van der Waals surface area contributed by atoms with E-state index in [0.29, 0.717) is 6.54 Å². The van der Waals surface area contributed by atoms with Gasteiger partial charge in [-0.1, -0.05) is 0 Å². The monoisotopic (exact) mass is 201 g/mol. The molecule has 0 aromatic carbocycles. The van der Waals surface area contributed by atoms with E-state index in [9.17, 15) is 13.2 Å². The Morgan fingerprint density at radius 1 is 1.17 bits per heavy atom. The molecule has 0 fully saturated rings. The Morgan fingerprint density at radius 2 is 1.67 bits per heavy atom. The van der Waals surface area contributed by atoms with Gasteiger partial charge in [-0.05, 0) is 20.1 Å². The zero-order valence-corrected chi connectivity index (χ0v) is 8.27. The summed E-state index contributed by atoms with van der Waals surface area (Å²) in [6, 6.07) is 0. The summed E-state index contributed by atoms with van der Waals surface area (Å²) in [7, 11) is 0. The van der Waals surface area contributed by atoms with Crippen LogP contribution in [-0.4, -0.2) is 30.3 Å². The van der Waals surface area contributed by atoms with Gasteiger partial charge in [-0.15, -0.1) is 0 Å². The summed E-state index contributed by atoms with van der Waals surface area (Å²) in [4.78, 5) is 0. The summed E-state index contributed by atoms with van der Waals surface area (Å²) < 4.78 is 34.9. The Hall–Kier alpha value is 0.100. The zero-order valence-electron chi connectivity index (χ0n) is 7.46. The van der Waals surface area contributed by atoms with Crippen molar-refractivity contribution in [3.8, 4) is 0 Å². The number of hydrogen-bond acceptors (Lipinski definition) is 2. The molecule has 0 aromatic heterocycles. The Labute approximate surface area is 75.1 Å². The van der Waals surface area contributed by atoms with E-state index in [1.165, 1.54) is 0 Å². The molecule has 0 saturated carbocycles. The van der Waals surface area contributed by atoms with Crippen molar-refractivity contribution in [1.82, 2.24) is 5.32 Å². The second kappa shape index (κ2) is 4.37. The number of rotatable bonds is 4. The summed E-state index contributed by atoms with van der Waals surface area (Å²) in [6.07, 6.45) is -2.22. The van der Waals surface area contributed by atoms with Gasteiger partial charge in [-0.25, -0.2) is 0 Å². The van der Waals surface area contributed by atoms with Crippen molar-refractivity contribution in [3.63, 3.8) is 0 Å². The predicted molar refractivity (Wildman–Crippen MR) is 46.5 cm³/mol. The third kappa shape index (κ3) is 6.79. The van der Waals surface area contributed by atoms with Crippen molar-refractivity contribution in [2.45, 2.75) is 24.8 Å². The summed E-state index contributed by atoms with van der Waals surface area (Å²) >= 11 is 1.55. The molecule has 0 aliphatic rings. The van der Waals surface area contributed by atoms with Gasteiger partial charge >= 0.3 is 6.18 Å². The molecule has 0 unspecified atom stereocenters. The first-order valence-electron chi connectivity index (χ1n) is 3.59. The molecule has 0 atom stereocenters. The lowest BCUT2D eigenvalue weighted by Crippen LogP contribution is -2.37. The number of thioether (sulfide) groups is 1. The summed E-state index contributed by atoms with van der Waals surface area (Å²) in [5.41, 5.74) is 0. The molecule has 1 N–H and O–H groups in total. The zero-order chi connectivity index (χ0) is 9.83. The molecule has 0 amide bonds. The maximum absolute atomic E-state index is 11.7. The lowest BCUT2D eigenvalue weighted by atomic mass is 10.2. The van der Waals surface area contributed by atoms with E-state index in [2.05, 4.69) is 5.32 Å². The van der Waals surface area contributed by atoms with Gasteiger partial charge in [0.25, 0.3) is 0 Å². The Balaban J connectivity index is 3.57. The third-order valence-electron chi connectivity index (χ3n) is 1.43. The topological polar surface area (TPSA) is 12.0 Å². The summed E-state index contributed by atoms with van der Waals surface area (Å²) in [5, 5.41) is 2.37. The molecule has 0 aliphatic heterocycles. The molecule has 0 radical (unpaired) electrons. The first-order valence-corrected chi connectivity index (χ1v) is 4.82. The first-order chi connectivity index (χ1) is 5.27. The van der Waals surface area contributed by atoms with E-state index in [1.807, 2.05) is 20.1 Å². The Kier molecular flexibility index (Phi) is 4.40. The second-order valence-electron chi connectivity index (χ2n) is 3.18. The van der Waals surface area contributed by atoms with Crippen LogP contribution in [0.25, 0.3) is 0 Å². The van der Waals surface area contributed by atoms with Gasteiger partial charge in [0.1, 0.15) is 0 Å². The van der Waals surface area contributed by atoms with Crippen LogP contribution in [0.4, 0.5) is 13.2 Å². The van der Waals surface area contributed by atoms with Crippen LogP contribution in [0.3, 0.4) is 0 Å². The van der Waals surface area contributed by atoms with Gasteiger partial charge in [0, 0.05) is 11.3 Å². The highest BCUT2D eigenvalue weighted by Crippen LogP contribution is 2.20. The molecule has 0 aromatic rings. The van der Waals surface area contributed by atoms with Crippen LogP contribution < -0.4 is 5.32 Å². The quantitative estimate of drug-likeness (QED) is 0.749. The second-order valence-corrected chi connectivity index (χ2v) is 4.70. The van der Waals surface area contributed by atoms with Gasteiger partial charge in [-0.2, -0.15) is 24.9 Å². The molecule has 0 heterocycles. The maximum atomic E-state index is 11.7. The van der Waals surface area contributed by atoms with Crippen molar-refractivity contribution in [2.75, 3.05) is 19.3 Å². The SMILES string of the molecule is CSC(C)(C)CNCC(F)(F)F. The van der Waals surface area contributed by atoms with Gasteiger partial charge in [-0.3, -0.25) is 0 Å². The first kappa shape index (κ1) is 12.1. The largest absolute Gasteiger partial charge is 0.401 e. The van der Waals surface area contributed by atoms with Crippen molar-refractivity contribution < 1.29 is 13.2 Å². The van der Waals surface area contributed by atoms with Crippen molar-refractivity contribution in [3.05, 3.63) is 0 Å². The number of halogens is 3. The van der Waals surface area contributed by atoms with Crippen LogP contribution in [0.2, 0.25) is 0 Å². The molecule has 0 rings (SSSR count). The smallest absolute Gasteiger partial charge is 0.307 e. The van der Waals surface area contributed by atoms with Crippen LogP contribution in [0.15, 0.2) is 0 Å². The number of hydrogen-bond donors (Lipinski definition) is 1. The van der Waals surface area contributed by atoms with Crippen molar-refractivity contribution in [2.24, 2.45) is 0 Å². The summed E-state index contributed by atoms with van der Waals surface area (Å²) in [6.45, 7) is 3.27. The molecule has 0 aliphatic carbocycles. The summed E-state index contributed by atoms with van der Waals surface area (Å²) in [5.74, 6) is 0. The average Bonchev–Trinajstić information content (AvgIpc) is 1.84. The normalized spacial score (nSPS) is 13.5. The minimum atomic E-state index is -4.10. The van der Waals surface area contributed by atoms with Gasteiger partial charge in [0.2, 0.25) is 0 Å². The lowest BCUT2D eigenvalue weighted by Gasteiger charge is -2.22. The van der Waals surface area contributed by atoms with Crippen LogP contribution >= 0.6 is 11.8 Å². The average molecular weight is 201 g/mol. The Bertz CT molecular complexity index is 133. The fraction of sp³-hybridized carbons (Fsp3) is 1.00. The van der Waals surface area contributed by atoms with Crippen LogP contribution in [0.5, 0.6) is 0 Å². The molecule has 5 heteroatoms. The minimum Gasteiger partial charge on any atom is -0.307 e. The van der Waals surface area contributed by atoms with Crippen molar-refractivity contribution >= 4 is 11.8 Å². The highest BCUT2D eigenvalue weighted by Gasteiger charge is 2.27. The van der Waals surface area contributed by atoms with E-state index in [4.69, 9.17) is 0 Å². The molecule has 74 valence electrons. The molecule has 0 saturated heterocycles.